The number of carbonyl (C=O) groups is 1. The van der Waals surface area contributed by atoms with E-state index in [1.54, 1.807) is 0 Å². The molecule has 0 aromatic heterocycles. The highest BCUT2D eigenvalue weighted by molar-refractivity contribution is 5.75. The molecule has 0 heterocycles. The molecule has 0 fully saturated rings. The molecule has 82 valence electrons. The van der Waals surface area contributed by atoms with E-state index in [1.807, 2.05) is 27.7 Å². The first-order valence-corrected chi connectivity index (χ1v) is 4.21. The molecule has 0 aromatic carbocycles. The highest BCUT2D eigenvalue weighted by Crippen LogP contribution is 2.21. The Hall–Kier alpha value is -0.530. The van der Waals surface area contributed by atoms with Crippen molar-refractivity contribution in [3.8, 4) is 0 Å². The van der Waals surface area contributed by atoms with Crippen LogP contribution in [0, 0.1) is 5.41 Å². The maximum Gasteiger partial charge on any atom is 0.311 e. The summed E-state index contributed by atoms with van der Waals surface area (Å²) in [4.78, 5) is 11.2. The van der Waals surface area contributed by atoms with Crippen LogP contribution in [0.1, 0.15) is 55.4 Å². The number of hydrogen-bond donors (Lipinski definition) is 0. The van der Waals surface area contributed by atoms with E-state index in [0.717, 1.165) is 12.8 Å². The minimum absolute atomic E-state index is 0. The largest absolute Gasteiger partial charge is 0.465 e. The van der Waals surface area contributed by atoms with E-state index in [1.165, 1.54) is 0 Å². The van der Waals surface area contributed by atoms with Crippen LogP contribution in [0.5, 0.6) is 0 Å². The zero-order chi connectivity index (χ0) is 8.91. The van der Waals surface area contributed by atoms with Gasteiger partial charge in [-0.2, -0.15) is 0 Å². The molecule has 13 heavy (non-hydrogen) atoms. The van der Waals surface area contributed by atoms with Crippen molar-refractivity contribution in [3.05, 3.63) is 0 Å². The molecule has 0 aliphatic carbocycles. The van der Waals surface area contributed by atoms with Crippen LogP contribution in [0.4, 0.5) is 0 Å². The lowest BCUT2D eigenvalue weighted by atomic mass is 9.91. The highest BCUT2D eigenvalue weighted by atomic mass is 16.5. The van der Waals surface area contributed by atoms with E-state index in [2.05, 4.69) is 0 Å². The molecule has 2 heteroatoms. The quantitative estimate of drug-likeness (QED) is 0.632. The van der Waals surface area contributed by atoms with Crippen LogP contribution in [0.15, 0.2) is 0 Å². The van der Waals surface area contributed by atoms with Crippen molar-refractivity contribution in [1.82, 2.24) is 0 Å². The lowest BCUT2D eigenvalue weighted by Crippen LogP contribution is -2.25. The highest BCUT2D eigenvalue weighted by Gasteiger charge is 2.26. The summed E-state index contributed by atoms with van der Waals surface area (Å²) in [6.07, 6.45) is 1.72. The van der Waals surface area contributed by atoms with Crippen LogP contribution < -0.4 is 0 Å². The predicted molar refractivity (Wildman–Crippen MR) is 58.8 cm³/mol. The Bertz CT molecular complexity index is 128. The zero-order valence-corrected chi connectivity index (χ0v) is 7.94. The summed E-state index contributed by atoms with van der Waals surface area (Å²) in [5.74, 6) is -0.0816. The van der Waals surface area contributed by atoms with Gasteiger partial charge in [0.05, 0.1) is 12.0 Å². The zero-order valence-electron chi connectivity index (χ0n) is 7.94. The second-order valence-corrected chi connectivity index (χ2v) is 3.37. The molecule has 0 bridgehead atoms. The van der Waals surface area contributed by atoms with Crippen LogP contribution in [-0.4, -0.2) is 12.6 Å². The SMILES string of the molecule is C.C.CCCOC(=O)C(C)(C)CC. The fraction of sp³-hybridized carbons (Fsp3) is 0.909. The summed E-state index contributed by atoms with van der Waals surface area (Å²) in [5.41, 5.74) is -0.310. The van der Waals surface area contributed by atoms with Crippen molar-refractivity contribution in [3.63, 3.8) is 0 Å². The van der Waals surface area contributed by atoms with Gasteiger partial charge < -0.3 is 4.74 Å². The Balaban J connectivity index is -0.000000500. The Morgan fingerprint density at radius 2 is 1.69 bits per heavy atom. The first kappa shape index (κ1) is 18.3. The van der Waals surface area contributed by atoms with Gasteiger partial charge in [-0.1, -0.05) is 28.7 Å². The fourth-order valence-electron chi connectivity index (χ4n) is 0.534. The first-order valence-electron chi connectivity index (χ1n) is 4.21. The molecule has 0 aliphatic heterocycles. The van der Waals surface area contributed by atoms with Crippen LogP contribution >= 0.6 is 0 Å². The lowest BCUT2D eigenvalue weighted by molar-refractivity contribution is -0.154. The molecule has 0 radical (unpaired) electrons. The van der Waals surface area contributed by atoms with Crippen molar-refractivity contribution >= 4 is 5.97 Å². The van der Waals surface area contributed by atoms with Gasteiger partial charge in [-0.3, -0.25) is 4.79 Å². The van der Waals surface area contributed by atoms with E-state index in [9.17, 15) is 4.79 Å². The van der Waals surface area contributed by atoms with Crippen LogP contribution in [0.3, 0.4) is 0 Å². The summed E-state index contributed by atoms with van der Waals surface area (Å²) < 4.78 is 5.01. The molecule has 0 saturated heterocycles. The van der Waals surface area contributed by atoms with E-state index >= 15 is 0 Å². The monoisotopic (exact) mass is 190 g/mol. The third kappa shape index (κ3) is 6.62. The number of rotatable bonds is 4. The van der Waals surface area contributed by atoms with Gasteiger partial charge >= 0.3 is 5.97 Å². The second-order valence-electron chi connectivity index (χ2n) is 3.37. The van der Waals surface area contributed by atoms with Crippen molar-refractivity contribution in [2.45, 2.75) is 55.4 Å². The standard InChI is InChI=1S/C9H18O2.2CH4/c1-5-7-11-8(10)9(3,4)6-2;;/h5-7H2,1-4H3;2*1H4. The smallest absolute Gasteiger partial charge is 0.311 e. The molecule has 0 saturated carbocycles. The van der Waals surface area contributed by atoms with Crippen LogP contribution in [0.25, 0.3) is 0 Å². The van der Waals surface area contributed by atoms with Gasteiger partial charge in [-0.15, -0.1) is 0 Å². The van der Waals surface area contributed by atoms with Gasteiger partial charge in [-0.25, -0.2) is 0 Å². The summed E-state index contributed by atoms with van der Waals surface area (Å²) in [5, 5.41) is 0. The second kappa shape index (κ2) is 8.09. The van der Waals surface area contributed by atoms with Gasteiger partial charge in [0.25, 0.3) is 0 Å². The van der Waals surface area contributed by atoms with Gasteiger partial charge in [0.2, 0.25) is 0 Å². The lowest BCUT2D eigenvalue weighted by Gasteiger charge is -2.19. The number of ether oxygens (including phenoxy) is 1. The Morgan fingerprint density at radius 1 is 1.23 bits per heavy atom. The fourth-order valence-corrected chi connectivity index (χ4v) is 0.534. The van der Waals surface area contributed by atoms with Crippen molar-refractivity contribution in [2.75, 3.05) is 6.61 Å². The maximum atomic E-state index is 11.2. The maximum absolute atomic E-state index is 11.2. The molecule has 0 N–H and O–H groups in total. The minimum atomic E-state index is -0.310. The Kier molecular flexibility index (Phi) is 11.4. The molecular formula is C11H26O2. The Labute approximate surface area is 83.7 Å². The minimum Gasteiger partial charge on any atom is -0.465 e. The molecule has 0 amide bonds. The molecule has 0 rings (SSSR count). The molecular weight excluding hydrogens is 164 g/mol. The summed E-state index contributed by atoms with van der Waals surface area (Å²) in [6.45, 7) is 8.34. The molecule has 0 spiro atoms. The third-order valence-corrected chi connectivity index (χ3v) is 1.87. The topological polar surface area (TPSA) is 26.3 Å². The number of hydrogen-bond acceptors (Lipinski definition) is 2. The molecule has 0 aliphatic rings. The van der Waals surface area contributed by atoms with E-state index in [-0.39, 0.29) is 26.2 Å². The number of carbonyl (C=O) groups excluding carboxylic acids is 1. The van der Waals surface area contributed by atoms with Crippen molar-refractivity contribution in [2.24, 2.45) is 5.41 Å². The molecule has 0 atom stereocenters. The van der Waals surface area contributed by atoms with Crippen LogP contribution in [-0.2, 0) is 9.53 Å². The van der Waals surface area contributed by atoms with E-state index in [0.29, 0.717) is 6.61 Å². The van der Waals surface area contributed by atoms with Crippen molar-refractivity contribution in [1.29, 1.82) is 0 Å². The van der Waals surface area contributed by atoms with Gasteiger partial charge in [0.1, 0.15) is 0 Å². The van der Waals surface area contributed by atoms with Crippen molar-refractivity contribution < 1.29 is 9.53 Å². The first-order chi connectivity index (χ1) is 5.04. The molecule has 0 unspecified atom stereocenters. The summed E-state index contributed by atoms with van der Waals surface area (Å²) in [6, 6.07) is 0. The summed E-state index contributed by atoms with van der Waals surface area (Å²) >= 11 is 0. The third-order valence-electron chi connectivity index (χ3n) is 1.87. The van der Waals surface area contributed by atoms with Gasteiger partial charge in [0, 0.05) is 0 Å². The Morgan fingerprint density at radius 3 is 2.00 bits per heavy atom. The predicted octanol–water partition coefficient (Wildman–Crippen LogP) is 3.65. The normalized spacial score (nSPS) is 9.54. The molecule has 0 aromatic rings. The average molecular weight is 190 g/mol. The number of esters is 1. The average Bonchev–Trinajstić information content (AvgIpc) is 2.00. The molecule has 2 nitrogen and oxygen atoms in total. The van der Waals surface area contributed by atoms with E-state index < -0.39 is 0 Å². The van der Waals surface area contributed by atoms with Gasteiger partial charge in [0.15, 0.2) is 0 Å². The van der Waals surface area contributed by atoms with E-state index in [4.69, 9.17) is 4.74 Å². The van der Waals surface area contributed by atoms with Gasteiger partial charge in [-0.05, 0) is 26.7 Å². The van der Waals surface area contributed by atoms with Crippen LogP contribution in [0.2, 0.25) is 0 Å². The summed E-state index contributed by atoms with van der Waals surface area (Å²) in [7, 11) is 0.